The van der Waals surface area contributed by atoms with E-state index in [1.165, 1.54) is 0 Å². The van der Waals surface area contributed by atoms with E-state index in [0.717, 1.165) is 54.4 Å². The highest BCUT2D eigenvalue weighted by molar-refractivity contribution is 5.94. The maximum absolute atomic E-state index is 12.7. The molecule has 31 heavy (non-hydrogen) atoms. The van der Waals surface area contributed by atoms with E-state index in [4.69, 9.17) is 4.74 Å². The second kappa shape index (κ2) is 9.12. The van der Waals surface area contributed by atoms with Crippen LogP contribution in [0.25, 0.3) is 11.3 Å². The molecule has 7 nitrogen and oxygen atoms in total. The van der Waals surface area contributed by atoms with Gasteiger partial charge in [0.2, 0.25) is 0 Å². The Kier molecular flexibility index (Phi) is 6.11. The Morgan fingerprint density at radius 3 is 2.58 bits per heavy atom. The molecule has 0 saturated carbocycles. The number of carbonyl (C=O) groups excluding carboxylic acids is 1. The summed E-state index contributed by atoms with van der Waals surface area (Å²) in [6.45, 7) is 1.67. The van der Waals surface area contributed by atoms with E-state index in [9.17, 15) is 4.79 Å². The van der Waals surface area contributed by atoms with Gasteiger partial charge in [0.1, 0.15) is 5.75 Å². The van der Waals surface area contributed by atoms with Crippen LogP contribution >= 0.6 is 0 Å². The molecule has 0 spiro atoms. The van der Waals surface area contributed by atoms with Gasteiger partial charge in [-0.2, -0.15) is 5.10 Å². The van der Waals surface area contributed by atoms with E-state index < -0.39 is 0 Å². The van der Waals surface area contributed by atoms with Crippen molar-refractivity contribution >= 4 is 17.4 Å². The maximum atomic E-state index is 12.7. The third-order valence-corrected chi connectivity index (χ3v) is 5.69. The van der Waals surface area contributed by atoms with E-state index in [1.807, 2.05) is 67.5 Å². The number of benzene rings is 2. The van der Waals surface area contributed by atoms with Crippen LogP contribution in [0.1, 0.15) is 23.2 Å². The molecule has 0 bridgehead atoms. The zero-order valence-electron chi connectivity index (χ0n) is 18.3. The number of anilines is 2. The molecule has 2 aromatic carbocycles. The predicted octanol–water partition coefficient (Wildman–Crippen LogP) is 3.55. The van der Waals surface area contributed by atoms with Crippen molar-refractivity contribution in [1.82, 2.24) is 15.5 Å². The molecule has 1 aliphatic rings. The first-order valence-corrected chi connectivity index (χ1v) is 10.6. The molecule has 1 saturated heterocycles. The van der Waals surface area contributed by atoms with Crippen molar-refractivity contribution in [3.63, 3.8) is 0 Å². The standard InChI is InChI=1S/C24H29N5O2/c1-28(2)20-10-6-18(7-11-20)24(30)25-19-5-4-14-29(16-19)23-15-22(26-27-23)17-8-12-21(31-3)13-9-17/h6-13,15,19H,4-5,14,16H2,1-3H3,(H,25,30)(H,26,27)/t19-/m1/s1. The van der Waals surface area contributed by atoms with E-state index in [1.54, 1.807) is 7.11 Å². The van der Waals surface area contributed by atoms with E-state index in [0.29, 0.717) is 5.56 Å². The molecular weight excluding hydrogens is 390 g/mol. The molecule has 162 valence electrons. The van der Waals surface area contributed by atoms with Gasteiger partial charge >= 0.3 is 0 Å². The molecule has 2 N–H and O–H groups in total. The number of nitrogens with zero attached hydrogens (tertiary/aromatic N) is 3. The Hall–Kier alpha value is -3.48. The molecule has 7 heteroatoms. The number of aromatic nitrogens is 2. The number of rotatable bonds is 6. The first-order valence-electron chi connectivity index (χ1n) is 10.6. The Labute approximate surface area is 183 Å². The summed E-state index contributed by atoms with van der Waals surface area (Å²) in [5.41, 5.74) is 3.78. The molecule has 2 heterocycles. The Morgan fingerprint density at radius 2 is 1.90 bits per heavy atom. The van der Waals surface area contributed by atoms with Crippen molar-refractivity contribution in [2.24, 2.45) is 0 Å². The number of nitrogens with one attached hydrogen (secondary N) is 2. The molecule has 1 atom stereocenters. The number of hydrogen-bond acceptors (Lipinski definition) is 5. The average Bonchev–Trinajstić information content (AvgIpc) is 3.30. The lowest BCUT2D eigenvalue weighted by atomic mass is 10.0. The number of amides is 1. The van der Waals surface area contributed by atoms with Crippen LogP contribution < -0.4 is 19.9 Å². The second-order valence-corrected chi connectivity index (χ2v) is 8.07. The highest BCUT2D eigenvalue weighted by Gasteiger charge is 2.23. The van der Waals surface area contributed by atoms with Gasteiger partial charge in [-0.1, -0.05) is 0 Å². The van der Waals surface area contributed by atoms with Crippen LogP contribution in [0.15, 0.2) is 54.6 Å². The topological polar surface area (TPSA) is 73.5 Å². The third-order valence-electron chi connectivity index (χ3n) is 5.69. The van der Waals surface area contributed by atoms with Crippen LogP contribution in [0.2, 0.25) is 0 Å². The van der Waals surface area contributed by atoms with Crippen LogP contribution in [0.3, 0.4) is 0 Å². The first kappa shape index (κ1) is 20.8. The van der Waals surface area contributed by atoms with E-state index >= 15 is 0 Å². The van der Waals surface area contributed by atoms with Gasteiger partial charge in [0.25, 0.3) is 5.91 Å². The second-order valence-electron chi connectivity index (χ2n) is 8.07. The molecule has 0 aliphatic carbocycles. The Morgan fingerprint density at radius 1 is 1.16 bits per heavy atom. The quantitative estimate of drug-likeness (QED) is 0.639. The number of H-pyrrole nitrogens is 1. The van der Waals surface area contributed by atoms with Gasteiger partial charge in [-0.15, -0.1) is 0 Å². The number of methoxy groups -OCH3 is 1. The zero-order chi connectivity index (χ0) is 21.8. The van der Waals surface area contributed by atoms with E-state index in [2.05, 4.69) is 26.5 Å². The molecule has 1 aliphatic heterocycles. The Balaban J connectivity index is 1.39. The van der Waals surface area contributed by atoms with Crippen LogP contribution in [-0.4, -0.2) is 56.4 Å². The Bertz CT molecular complexity index is 1010. The van der Waals surface area contributed by atoms with Crippen LogP contribution in [-0.2, 0) is 0 Å². The lowest BCUT2D eigenvalue weighted by Crippen LogP contribution is -2.48. The van der Waals surface area contributed by atoms with E-state index in [-0.39, 0.29) is 11.9 Å². The fourth-order valence-electron chi connectivity index (χ4n) is 3.87. The van der Waals surface area contributed by atoms with Gasteiger partial charge < -0.3 is 19.9 Å². The smallest absolute Gasteiger partial charge is 0.251 e. The number of aromatic amines is 1. The van der Waals surface area contributed by atoms with Crippen LogP contribution in [0.4, 0.5) is 11.5 Å². The minimum atomic E-state index is -0.0295. The minimum Gasteiger partial charge on any atom is -0.497 e. The SMILES string of the molecule is COc1ccc(-c2cc(N3CCC[C@@H](NC(=O)c4ccc(N(C)C)cc4)C3)n[nH]2)cc1. The summed E-state index contributed by atoms with van der Waals surface area (Å²) in [6, 6.07) is 17.7. The molecule has 3 aromatic rings. The van der Waals surface area contributed by atoms with Crippen molar-refractivity contribution in [2.45, 2.75) is 18.9 Å². The van der Waals surface area contributed by atoms with Gasteiger partial charge in [0.15, 0.2) is 5.82 Å². The largest absolute Gasteiger partial charge is 0.497 e. The first-order chi connectivity index (χ1) is 15.0. The molecule has 4 rings (SSSR count). The minimum absolute atomic E-state index is 0.0295. The fourth-order valence-corrected chi connectivity index (χ4v) is 3.87. The summed E-state index contributed by atoms with van der Waals surface area (Å²) in [4.78, 5) is 17.0. The number of carbonyl (C=O) groups is 1. The molecule has 0 unspecified atom stereocenters. The highest BCUT2D eigenvalue weighted by Crippen LogP contribution is 2.26. The van der Waals surface area contributed by atoms with Gasteiger partial charge in [-0.05, 0) is 66.9 Å². The van der Waals surface area contributed by atoms with Crippen molar-refractivity contribution in [3.05, 3.63) is 60.2 Å². The number of piperidine rings is 1. The summed E-state index contributed by atoms with van der Waals surface area (Å²) < 4.78 is 5.23. The van der Waals surface area contributed by atoms with Crippen molar-refractivity contribution < 1.29 is 9.53 Å². The molecule has 1 aromatic heterocycles. The van der Waals surface area contributed by atoms with Crippen LogP contribution in [0, 0.1) is 0 Å². The predicted molar refractivity (Wildman–Crippen MR) is 124 cm³/mol. The molecule has 1 fully saturated rings. The average molecular weight is 420 g/mol. The lowest BCUT2D eigenvalue weighted by molar-refractivity contribution is 0.0933. The summed E-state index contributed by atoms with van der Waals surface area (Å²) in [5, 5.41) is 10.8. The monoisotopic (exact) mass is 419 g/mol. The fraction of sp³-hybridized carbons (Fsp3) is 0.333. The van der Waals surface area contributed by atoms with Gasteiger partial charge in [0, 0.05) is 50.5 Å². The van der Waals surface area contributed by atoms with Crippen molar-refractivity contribution in [3.8, 4) is 17.0 Å². The summed E-state index contributed by atoms with van der Waals surface area (Å²) in [7, 11) is 5.63. The normalized spacial score (nSPS) is 16.1. The van der Waals surface area contributed by atoms with Gasteiger partial charge in [-0.3, -0.25) is 9.89 Å². The zero-order valence-corrected chi connectivity index (χ0v) is 18.3. The van der Waals surface area contributed by atoms with Gasteiger partial charge in [-0.25, -0.2) is 0 Å². The van der Waals surface area contributed by atoms with Crippen molar-refractivity contribution in [2.75, 3.05) is 44.1 Å². The summed E-state index contributed by atoms with van der Waals surface area (Å²) in [6.07, 6.45) is 1.98. The number of hydrogen-bond donors (Lipinski definition) is 2. The van der Waals surface area contributed by atoms with Crippen LogP contribution in [0.5, 0.6) is 5.75 Å². The molecule has 1 amide bonds. The molecule has 0 radical (unpaired) electrons. The maximum Gasteiger partial charge on any atom is 0.251 e. The molecular formula is C24H29N5O2. The number of ether oxygens (including phenoxy) is 1. The van der Waals surface area contributed by atoms with Crippen molar-refractivity contribution in [1.29, 1.82) is 0 Å². The summed E-state index contributed by atoms with van der Waals surface area (Å²) in [5.74, 6) is 1.70. The lowest BCUT2D eigenvalue weighted by Gasteiger charge is -2.33. The summed E-state index contributed by atoms with van der Waals surface area (Å²) >= 11 is 0. The highest BCUT2D eigenvalue weighted by atomic mass is 16.5. The van der Waals surface area contributed by atoms with Gasteiger partial charge in [0.05, 0.1) is 12.8 Å². The third kappa shape index (κ3) is 4.82.